The molecule has 116 valence electrons. The van der Waals surface area contributed by atoms with Gasteiger partial charge in [-0.15, -0.1) is 11.3 Å². The summed E-state index contributed by atoms with van der Waals surface area (Å²) in [5.41, 5.74) is 1.14. The van der Waals surface area contributed by atoms with Crippen LogP contribution in [-0.4, -0.2) is 28.6 Å². The van der Waals surface area contributed by atoms with E-state index in [0.717, 1.165) is 29.4 Å². The molecule has 1 aromatic carbocycles. The maximum atomic E-state index is 11.6. The van der Waals surface area contributed by atoms with Crippen molar-refractivity contribution >= 4 is 33.2 Å². The standard InChI is InChI=1S/C17H18BrNO2S/c1-11-7-8-15(22-11)16(12-4-2-5-13(18)10-12)19-9-3-6-14(19)17(20)21/h2,4-5,7-8,10,14,16H,3,6,9H2,1H3,(H,20,21). The second-order valence-electron chi connectivity index (χ2n) is 5.64. The van der Waals surface area contributed by atoms with E-state index in [9.17, 15) is 9.90 Å². The third kappa shape index (κ3) is 3.12. The van der Waals surface area contributed by atoms with Crippen molar-refractivity contribution < 1.29 is 9.90 Å². The first kappa shape index (κ1) is 15.7. The molecule has 3 nitrogen and oxygen atoms in total. The third-order valence-electron chi connectivity index (χ3n) is 4.11. The van der Waals surface area contributed by atoms with Crippen LogP contribution in [-0.2, 0) is 4.79 Å². The van der Waals surface area contributed by atoms with Crippen molar-refractivity contribution in [3.63, 3.8) is 0 Å². The van der Waals surface area contributed by atoms with E-state index in [1.54, 1.807) is 11.3 Å². The Hall–Kier alpha value is -1.17. The number of benzene rings is 1. The minimum atomic E-state index is -0.717. The van der Waals surface area contributed by atoms with Gasteiger partial charge in [0.05, 0.1) is 6.04 Å². The second-order valence-corrected chi connectivity index (χ2v) is 7.88. The number of halogens is 1. The maximum Gasteiger partial charge on any atom is 0.320 e. The third-order valence-corrected chi connectivity index (χ3v) is 5.65. The number of likely N-dealkylation sites (tertiary alicyclic amines) is 1. The average molecular weight is 380 g/mol. The molecular formula is C17H18BrNO2S. The number of rotatable bonds is 4. The second kappa shape index (κ2) is 6.52. The minimum Gasteiger partial charge on any atom is -0.480 e. The lowest BCUT2D eigenvalue weighted by atomic mass is 10.0. The van der Waals surface area contributed by atoms with Crippen molar-refractivity contribution in [3.8, 4) is 0 Å². The highest BCUT2D eigenvalue weighted by Crippen LogP contribution is 2.38. The Morgan fingerprint density at radius 1 is 1.41 bits per heavy atom. The van der Waals surface area contributed by atoms with E-state index in [4.69, 9.17) is 0 Å². The maximum absolute atomic E-state index is 11.6. The number of carboxylic acids is 1. The van der Waals surface area contributed by atoms with Crippen molar-refractivity contribution in [1.82, 2.24) is 4.90 Å². The molecule has 1 aliphatic rings. The largest absolute Gasteiger partial charge is 0.480 e. The van der Waals surface area contributed by atoms with Gasteiger partial charge in [0.25, 0.3) is 0 Å². The number of thiophene rings is 1. The summed E-state index contributed by atoms with van der Waals surface area (Å²) in [5.74, 6) is -0.717. The van der Waals surface area contributed by atoms with Gasteiger partial charge in [-0.2, -0.15) is 0 Å². The fourth-order valence-corrected chi connectivity index (χ4v) is 4.60. The van der Waals surface area contributed by atoms with Crippen LogP contribution in [0.3, 0.4) is 0 Å². The SMILES string of the molecule is Cc1ccc(C(c2cccc(Br)c2)N2CCCC2C(=O)O)s1. The molecule has 0 bridgehead atoms. The number of aliphatic carboxylic acids is 1. The summed E-state index contributed by atoms with van der Waals surface area (Å²) in [5, 5.41) is 9.54. The zero-order chi connectivity index (χ0) is 15.7. The van der Waals surface area contributed by atoms with E-state index in [0.29, 0.717) is 0 Å². The van der Waals surface area contributed by atoms with Gasteiger partial charge in [-0.1, -0.05) is 28.1 Å². The lowest BCUT2D eigenvalue weighted by Crippen LogP contribution is -2.39. The molecule has 1 fully saturated rings. The number of hydrogen-bond donors (Lipinski definition) is 1. The molecule has 2 heterocycles. The number of carboxylic acid groups (broad SMARTS) is 1. The van der Waals surface area contributed by atoms with Crippen LogP contribution >= 0.6 is 27.3 Å². The molecule has 0 amide bonds. The van der Waals surface area contributed by atoms with Crippen LogP contribution < -0.4 is 0 Å². The molecule has 0 spiro atoms. The van der Waals surface area contributed by atoms with E-state index < -0.39 is 12.0 Å². The summed E-state index contributed by atoms with van der Waals surface area (Å²) in [4.78, 5) is 16.2. The van der Waals surface area contributed by atoms with Crippen LogP contribution in [0, 0.1) is 6.92 Å². The van der Waals surface area contributed by atoms with E-state index in [2.05, 4.69) is 52.0 Å². The minimum absolute atomic E-state index is 0.0137. The van der Waals surface area contributed by atoms with Crippen molar-refractivity contribution in [1.29, 1.82) is 0 Å². The molecule has 2 atom stereocenters. The molecule has 2 unspecified atom stereocenters. The molecule has 0 radical (unpaired) electrons. The molecule has 0 saturated carbocycles. The molecule has 3 rings (SSSR count). The lowest BCUT2D eigenvalue weighted by Gasteiger charge is -2.31. The van der Waals surface area contributed by atoms with Crippen LogP contribution in [0.15, 0.2) is 40.9 Å². The average Bonchev–Trinajstić information content (AvgIpc) is 3.09. The Morgan fingerprint density at radius 2 is 2.23 bits per heavy atom. The first-order valence-corrected chi connectivity index (χ1v) is 8.97. The zero-order valence-corrected chi connectivity index (χ0v) is 14.7. The van der Waals surface area contributed by atoms with Gasteiger partial charge in [0.1, 0.15) is 6.04 Å². The summed E-state index contributed by atoms with van der Waals surface area (Å²) in [6, 6.07) is 12.0. The molecule has 2 aromatic rings. The van der Waals surface area contributed by atoms with Gasteiger partial charge in [0.2, 0.25) is 0 Å². The highest BCUT2D eigenvalue weighted by molar-refractivity contribution is 9.10. The molecule has 22 heavy (non-hydrogen) atoms. The fourth-order valence-electron chi connectivity index (χ4n) is 3.16. The Morgan fingerprint density at radius 3 is 2.86 bits per heavy atom. The predicted molar refractivity (Wildman–Crippen MR) is 92.4 cm³/mol. The van der Waals surface area contributed by atoms with Gasteiger partial charge in [0, 0.05) is 20.8 Å². The van der Waals surface area contributed by atoms with Gasteiger partial charge in [-0.3, -0.25) is 9.69 Å². The molecule has 1 aliphatic heterocycles. The molecule has 1 aromatic heterocycles. The van der Waals surface area contributed by atoms with Gasteiger partial charge in [0.15, 0.2) is 0 Å². The Bertz CT molecular complexity index is 685. The summed E-state index contributed by atoms with van der Waals surface area (Å²) in [6.45, 7) is 2.91. The van der Waals surface area contributed by atoms with Gasteiger partial charge >= 0.3 is 5.97 Å². The van der Waals surface area contributed by atoms with E-state index in [-0.39, 0.29) is 6.04 Å². The number of nitrogens with zero attached hydrogens (tertiary/aromatic N) is 1. The Balaban J connectivity index is 2.05. The first-order valence-electron chi connectivity index (χ1n) is 7.36. The molecule has 1 N–H and O–H groups in total. The van der Waals surface area contributed by atoms with Gasteiger partial charge < -0.3 is 5.11 Å². The van der Waals surface area contributed by atoms with Crippen molar-refractivity contribution in [2.75, 3.05) is 6.54 Å². The normalized spacial score (nSPS) is 20.2. The van der Waals surface area contributed by atoms with E-state index in [1.807, 2.05) is 12.1 Å². The van der Waals surface area contributed by atoms with Crippen molar-refractivity contribution in [3.05, 3.63) is 56.2 Å². The van der Waals surface area contributed by atoms with Crippen LogP contribution in [0.1, 0.15) is 34.2 Å². The first-order chi connectivity index (χ1) is 10.6. The molecule has 0 aliphatic carbocycles. The van der Waals surface area contributed by atoms with Crippen LogP contribution in [0.5, 0.6) is 0 Å². The summed E-state index contributed by atoms with van der Waals surface area (Å²) < 4.78 is 1.02. The quantitative estimate of drug-likeness (QED) is 0.852. The predicted octanol–water partition coefficient (Wildman–Crippen LogP) is 4.46. The lowest BCUT2D eigenvalue weighted by molar-refractivity contribution is -0.142. The summed E-state index contributed by atoms with van der Waals surface area (Å²) >= 11 is 5.28. The van der Waals surface area contributed by atoms with Gasteiger partial charge in [-0.05, 0) is 49.6 Å². The summed E-state index contributed by atoms with van der Waals surface area (Å²) in [7, 11) is 0. The van der Waals surface area contributed by atoms with Crippen molar-refractivity contribution in [2.24, 2.45) is 0 Å². The van der Waals surface area contributed by atoms with E-state index in [1.165, 1.54) is 9.75 Å². The highest BCUT2D eigenvalue weighted by Gasteiger charge is 2.37. The van der Waals surface area contributed by atoms with Crippen LogP contribution in [0.4, 0.5) is 0 Å². The number of aryl methyl sites for hydroxylation is 1. The molecule has 5 heteroatoms. The summed E-state index contributed by atoms with van der Waals surface area (Å²) in [6.07, 6.45) is 1.66. The smallest absolute Gasteiger partial charge is 0.320 e. The molecular weight excluding hydrogens is 362 g/mol. The fraction of sp³-hybridized carbons (Fsp3) is 0.353. The molecule has 1 saturated heterocycles. The zero-order valence-electron chi connectivity index (χ0n) is 12.3. The monoisotopic (exact) mass is 379 g/mol. The van der Waals surface area contributed by atoms with E-state index >= 15 is 0 Å². The Kier molecular flexibility index (Phi) is 4.66. The Labute approximate surface area is 142 Å². The topological polar surface area (TPSA) is 40.5 Å². The van der Waals surface area contributed by atoms with Crippen molar-refractivity contribution in [2.45, 2.75) is 31.8 Å². The van der Waals surface area contributed by atoms with Crippen LogP contribution in [0.25, 0.3) is 0 Å². The number of hydrogen-bond acceptors (Lipinski definition) is 3. The number of carbonyl (C=O) groups is 1. The van der Waals surface area contributed by atoms with Crippen LogP contribution in [0.2, 0.25) is 0 Å². The highest BCUT2D eigenvalue weighted by atomic mass is 79.9. The van der Waals surface area contributed by atoms with Gasteiger partial charge in [-0.25, -0.2) is 0 Å².